The van der Waals surface area contributed by atoms with Crippen molar-refractivity contribution in [3.63, 3.8) is 0 Å². The van der Waals surface area contributed by atoms with E-state index in [0.717, 1.165) is 35.4 Å². The fourth-order valence-corrected chi connectivity index (χ4v) is 2.78. The third-order valence-electron chi connectivity index (χ3n) is 3.47. The van der Waals surface area contributed by atoms with E-state index in [1.807, 2.05) is 42.8 Å². The topological polar surface area (TPSA) is 55.1 Å². The molecule has 0 saturated heterocycles. The first-order valence-electron chi connectivity index (χ1n) is 7.08. The third-order valence-corrected chi connectivity index (χ3v) is 3.70. The van der Waals surface area contributed by atoms with Crippen LogP contribution in [0.25, 0.3) is 0 Å². The Morgan fingerprint density at radius 1 is 1.33 bits per heavy atom. The summed E-state index contributed by atoms with van der Waals surface area (Å²) in [5, 5.41) is 14.4. The first kappa shape index (κ1) is 15.6. The van der Waals surface area contributed by atoms with Gasteiger partial charge in [-0.3, -0.25) is 9.48 Å². The maximum absolute atomic E-state index is 11.1. The van der Waals surface area contributed by atoms with Crippen LogP contribution in [0, 0.1) is 0 Å². The number of hydrogen-bond acceptors (Lipinski definition) is 2. The molecule has 0 unspecified atom stereocenters. The van der Waals surface area contributed by atoms with Gasteiger partial charge in [0.15, 0.2) is 0 Å². The summed E-state index contributed by atoms with van der Waals surface area (Å²) in [5.41, 5.74) is 3.78. The van der Waals surface area contributed by atoms with Gasteiger partial charge in [0.25, 0.3) is 0 Å². The number of nitrogens with zero attached hydrogens (tertiary/aromatic N) is 2. The molecule has 2 aromatic rings. The van der Waals surface area contributed by atoms with Gasteiger partial charge < -0.3 is 5.11 Å². The fraction of sp³-hybridized carbons (Fsp3) is 0.375. The molecular weight excluding hydrogens is 288 g/mol. The van der Waals surface area contributed by atoms with E-state index in [4.69, 9.17) is 16.7 Å². The van der Waals surface area contributed by atoms with Gasteiger partial charge in [-0.15, -0.1) is 0 Å². The maximum atomic E-state index is 11.1. The van der Waals surface area contributed by atoms with Crippen molar-refractivity contribution in [2.45, 2.75) is 39.7 Å². The predicted octanol–water partition coefficient (Wildman–Crippen LogP) is 3.34. The van der Waals surface area contributed by atoms with Crippen molar-refractivity contribution in [2.75, 3.05) is 0 Å². The minimum Gasteiger partial charge on any atom is -0.481 e. The third kappa shape index (κ3) is 3.64. The van der Waals surface area contributed by atoms with Gasteiger partial charge in [0.05, 0.1) is 18.7 Å². The molecule has 0 radical (unpaired) electrons. The number of carboxylic acids is 1. The molecule has 4 nitrogen and oxygen atoms in total. The van der Waals surface area contributed by atoms with Gasteiger partial charge in [-0.1, -0.05) is 37.6 Å². The number of carboxylic acid groups (broad SMARTS) is 1. The molecule has 0 atom stereocenters. The molecule has 0 spiro atoms. The van der Waals surface area contributed by atoms with Crippen LogP contribution in [0.15, 0.2) is 24.3 Å². The Kier molecular flexibility index (Phi) is 5.02. The number of aliphatic carboxylic acids is 1. The molecule has 0 aliphatic rings. The number of aromatic nitrogens is 2. The molecular formula is C16H19ClN2O2. The summed E-state index contributed by atoms with van der Waals surface area (Å²) < 4.78 is 1.91. The largest absolute Gasteiger partial charge is 0.481 e. The highest BCUT2D eigenvalue weighted by Gasteiger charge is 2.17. The van der Waals surface area contributed by atoms with E-state index in [1.54, 1.807) is 0 Å². The van der Waals surface area contributed by atoms with Crippen LogP contribution in [0.2, 0.25) is 5.02 Å². The minimum atomic E-state index is -0.818. The van der Waals surface area contributed by atoms with Gasteiger partial charge >= 0.3 is 5.97 Å². The van der Waals surface area contributed by atoms with E-state index < -0.39 is 5.97 Å². The molecule has 1 aromatic carbocycles. The predicted molar refractivity (Wildman–Crippen MR) is 82.9 cm³/mol. The first-order valence-corrected chi connectivity index (χ1v) is 7.46. The minimum absolute atomic E-state index is 0.0297. The average Bonchev–Trinajstić information content (AvgIpc) is 2.75. The van der Waals surface area contributed by atoms with Gasteiger partial charge in [0.2, 0.25) is 0 Å². The number of rotatable bonds is 6. The molecule has 2 rings (SSSR count). The summed E-state index contributed by atoms with van der Waals surface area (Å²) in [6.45, 7) is 4.63. The Balaban J connectivity index is 2.39. The number of aryl methyl sites for hydroxylation is 1. The number of hydrogen-bond donors (Lipinski definition) is 1. The van der Waals surface area contributed by atoms with Crippen LogP contribution < -0.4 is 0 Å². The monoisotopic (exact) mass is 306 g/mol. The fourth-order valence-electron chi connectivity index (χ4n) is 2.56. The molecule has 21 heavy (non-hydrogen) atoms. The summed E-state index contributed by atoms with van der Waals surface area (Å²) in [6.07, 6.45) is 1.52. The lowest BCUT2D eigenvalue weighted by Crippen LogP contribution is -2.08. The second-order valence-electron chi connectivity index (χ2n) is 4.94. The lowest BCUT2D eigenvalue weighted by Gasteiger charge is -2.08. The molecule has 1 aromatic heterocycles. The lowest BCUT2D eigenvalue weighted by molar-refractivity contribution is -0.136. The Morgan fingerprint density at radius 3 is 2.67 bits per heavy atom. The summed E-state index contributed by atoms with van der Waals surface area (Å²) >= 11 is 6.01. The van der Waals surface area contributed by atoms with E-state index in [-0.39, 0.29) is 6.42 Å². The lowest BCUT2D eigenvalue weighted by atomic mass is 10.1. The molecule has 0 bridgehead atoms. The second kappa shape index (κ2) is 6.76. The molecule has 0 fully saturated rings. The first-order chi connectivity index (χ1) is 10.0. The molecule has 0 aliphatic carbocycles. The zero-order valence-corrected chi connectivity index (χ0v) is 13.0. The van der Waals surface area contributed by atoms with Gasteiger partial charge in [0.1, 0.15) is 0 Å². The molecule has 5 heteroatoms. The quantitative estimate of drug-likeness (QED) is 0.890. The van der Waals surface area contributed by atoms with Crippen molar-refractivity contribution in [3.05, 3.63) is 51.8 Å². The second-order valence-corrected chi connectivity index (χ2v) is 5.37. The smallest absolute Gasteiger partial charge is 0.307 e. The van der Waals surface area contributed by atoms with Crippen LogP contribution in [0.1, 0.15) is 36.4 Å². The van der Waals surface area contributed by atoms with Crippen molar-refractivity contribution < 1.29 is 9.90 Å². The van der Waals surface area contributed by atoms with Crippen molar-refractivity contribution in [3.8, 4) is 0 Å². The molecule has 1 N–H and O–H groups in total. The molecule has 0 aliphatic heterocycles. The van der Waals surface area contributed by atoms with Crippen LogP contribution in [-0.2, 0) is 30.6 Å². The van der Waals surface area contributed by atoms with Gasteiger partial charge in [-0.25, -0.2) is 0 Å². The summed E-state index contributed by atoms with van der Waals surface area (Å²) in [5.74, 6) is -0.818. The van der Waals surface area contributed by atoms with Crippen molar-refractivity contribution in [1.29, 1.82) is 0 Å². The van der Waals surface area contributed by atoms with Crippen molar-refractivity contribution in [2.24, 2.45) is 0 Å². The highest BCUT2D eigenvalue weighted by molar-refractivity contribution is 6.30. The SMILES string of the molecule is CCc1nn(Cc2cccc(Cl)c2)c(CC)c1CC(=O)O. The Hall–Kier alpha value is -1.81. The van der Waals surface area contributed by atoms with Gasteiger partial charge in [-0.05, 0) is 30.5 Å². The van der Waals surface area contributed by atoms with Crippen LogP contribution in [0.3, 0.4) is 0 Å². The van der Waals surface area contributed by atoms with E-state index in [0.29, 0.717) is 11.6 Å². The molecule has 112 valence electrons. The normalized spacial score (nSPS) is 10.8. The van der Waals surface area contributed by atoms with Gasteiger partial charge in [0, 0.05) is 16.3 Å². The number of benzene rings is 1. The molecule has 0 amide bonds. The van der Waals surface area contributed by atoms with Crippen LogP contribution in [0.5, 0.6) is 0 Å². The molecule has 0 saturated carbocycles. The Labute approximate surface area is 129 Å². The number of carbonyl (C=O) groups is 1. The summed E-state index contributed by atoms with van der Waals surface area (Å²) in [4.78, 5) is 11.1. The van der Waals surface area contributed by atoms with Gasteiger partial charge in [-0.2, -0.15) is 5.10 Å². The van der Waals surface area contributed by atoms with Crippen LogP contribution >= 0.6 is 11.6 Å². The average molecular weight is 307 g/mol. The van der Waals surface area contributed by atoms with E-state index >= 15 is 0 Å². The molecule has 1 heterocycles. The highest BCUT2D eigenvalue weighted by Crippen LogP contribution is 2.19. The standard InChI is InChI=1S/C16H19ClN2O2/c1-3-14-13(9-16(20)21)15(4-2)19(18-14)10-11-6-5-7-12(17)8-11/h5-8H,3-4,9-10H2,1-2H3,(H,20,21). The zero-order valence-electron chi connectivity index (χ0n) is 12.3. The van der Waals surface area contributed by atoms with Crippen molar-refractivity contribution >= 4 is 17.6 Å². The van der Waals surface area contributed by atoms with Crippen molar-refractivity contribution in [1.82, 2.24) is 9.78 Å². The van der Waals surface area contributed by atoms with E-state index in [2.05, 4.69) is 5.10 Å². The van der Waals surface area contributed by atoms with E-state index in [9.17, 15) is 4.79 Å². The Morgan fingerprint density at radius 2 is 2.10 bits per heavy atom. The Bertz CT molecular complexity index is 650. The highest BCUT2D eigenvalue weighted by atomic mass is 35.5. The number of halogens is 1. The maximum Gasteiger partial charge on any atom is 0.307 e. The summed E-state index contributed by atoms with van der Waals surface area (Å²) in [6, 6.07) is 7.65. The zero-order chi connectivity index (χ0) is 15.4. The summed E-state index contributed by atoms with van der Waals surface area (Å²) in [7, 11) is 0. The van der Waals surface area contributed by atoms with Crippen LogP contribution in [-0.4, -0.2) is 20.9 Å². The van der Waals surface area contributed by atoms with E-state index in [1.165, 1.54) is 0 Å². The van der Waals surface area contributed by atoms with Crippen LogP contribution in [0.4, 0.5) is 0 Å².